The predicted molar refractivity (Wildman–Crippen MR) is 89.2 cm³/mol. The van der Waals surface area contributed by atoms with Crippen LogP contribution in [0.25, 0.3) is 0 Å². The van der Waals surface area contributed by atoms with E-state index in [4.69, 9.17) is 5.73 Å². The van der Waals surface area contributed by atoms with Crippen LogP contribution < -0.4 is 5.73 Å². The van der Waals surface area contributed by atoms with E-state index in [0.29, 0.717) is 19.1 Å². The Morgan fingerprint density at radius 1 is 1.24 bits per heavy atom. The molecule has 0 heterocycles. The third-order valence-corrected chi connectivity index (χ3v) is 4.47. The molecule has 0 aromatic carbocycles. The molecule has 124 valence electrons. The minimum Gasteiger partial charge on any atom is -0.336 e. The molecular formula is C17H35N3O. The molecule has 1 rings (SSSR count). The normalized spacial score (nSPS) is 17.5. The quantitative estimate of drug-likeness (QED) is 0.785. The lowest BCUT2D eigenvalue weighted by atomic mass is 9.92. The Hall–Kier alpha value is -0.610. The summed E-state index contributed by atoms with van der Waals surface area (Å²) < 4.78 is 0. The van der Waals surface area contributed by atoms with Gasteiger partial charge in [0.2, 0.25) is 5.91 Å². The first-order valence-corrected chi connectivity index (χ1v) is 8.46. The highest BCUT2D eigenvalue weighted by atomic mass is 16.2. The molecule has 4 heteroatoms. The van der Waals surface area contributed by atoms with Crippen molar-refractivity contribution in [3.8, 4) is 0 Å². The van der Waals surface area contributed by atoms with Crippen LogP contribution in [-0.4, -0.2) is 54.5 Å². The number of hydrogen-bond acceptors (Lipinski definition) is 3. The average Bonchev–Trinajstić information content (AvgIpc) is 2.38. The van der Waals surface area contributed by atoms with E-state index in [1.807, 2.05) is 7.05 Å². The molecule has 2 N–H and O–H groups in total. The zero-order chi connectivity index (χ0) is 16.0. The molecular weight excluding hydrogens is 262 g/mol. The van der Waals surface area contributed by atoms with Crippen LogP contribution in [0.15, 0.2) is 0 Å². The second kappa shape index (κ2) is 8.14. The fraction of sp³-hybridized carbons (Fsp3) is 0.941. The Morgan fingerprint density at radius 3 is 2.29 bits per heavy atom. The van der Waals surface area contributed by atoms with Crippen molar-refractivity contribution in [3.05, 3.63) is 0 Å². The van der Waals surface area contributed by atoms with Crippen LogP contribution >= 0.6 is 0 Å². The maximum Gasteiger partial charge on any atom is 0.237 e. The van der Waals surface area contributed by atoms with Gasteiger partial charge in [-0.1, -0.05) is 33.1 Å². The molecule has 0 atom stereocenters. The Balaban J connectivity index is 2.60. The SMILES string of the molecule is CC(C)N(C(=O)CN(C)CC(C)(C)CN)C1CCCCC1. The number of carbonyl (C=O) groups is 1. The average molecular weight is 297 g/mol. The highest BCUT2D eigenvalue weighted by Crippen LogP contribution is 2.24. The summed E-state index contributed by atoms with van der Waals surface area (Å²) in [6.45, 7) is 10.6. The van der Waals surface area contributed by atoms with E-state index in [0.717, 1.165) is 6.54 Å². The van der Waals surface area contributed by atoms with Gasteiger partial charge in [-0.2, -0.15) is 0 Å². The number of nitrogens with zero attached hydrogens (tertiary/aromatic N) is 2. The molecule has 1 aliphatic carbocycles. The van der Waals surface area contributed by atoms with Crippen LogP contribution in [-0.2, 0) is 4.79 Å². The first kappa shape index (κ1) is 18.4. The lowest BCUT2D eigenvalue weighted by Gasteiger charge is -2.39. The zero-order valence-corrected chi connectivity index (χ0v) is 14.7. The molecule has 1 fully saturated rings. The van der Waals surface area contributed by atoms with Gasteiger partial charge in [-0.3, -0.25) is 9.69 Å². The Labute approximate surface area is 131 Å². The van der Waals surface area contributed by atoms with Gasteiger partial charge in [0.15, 0.2) is 0 Å². The van der Waals surface area contributed by atoms with Crippen molar-refractivity contribution in [3.63, 3.8) is 0 Å². The summed E-state index contributed by atoms with van der Waals surface area (Å²) in [6, 6.07) is 0.735. The Morgan fingerprint density at radius 2 is 1.81 bits per heavy atom. The number of likely N-dealkylation sites (N-methyl/N-ethyl adjacent to an activating group) is 1. The highest BCUT2D eigenvalue weighted by Gasteiger charge is 2.28. The molecule has 1 amide bonds. The first-order valence-electron chi connectivity index (χ1n) is 8.46. The molecule has 4 nitrogen and oxygen atoms in total. The number of rotatable bonds is 7. The topological polar surface area (TPSA) is 49.6 Å². The van der Waals surface area contributed by atoms with Crippen molar-refractivity contribution in [2.24, 2.45) is 11.1 Å². The predicted octanol–water partition coefficient (Wildman–Crippen LogP) is 2.47. The largest absolute Gasteiger partial charge is 0.336 e. The van der Waals surface area contributed by atoms with Gasteiger partial charge in [0.05, 0.1) is 6.54 Å². The number of carbonyl (C=O) groups excluding carboxylic acids is 1. The third-order valence-electron chi connectivity index (χ3n) is 4.47. The number of amides is 1. The smallest absolute Gasteiger partial charge is 0.237 e. The summed E-state index contributed by atoms with van der Waals surface area (Å²) in [6.07, 6.45) is 6.18. The van der Waals surface area contributed by atoms with Crippen LogP contribution in [0.4, 0.5) is 0 Å². The molecule has 0 bridgehead atoms. The molecule has 0 aromatic rings. The van der Waals surface area contributed by atoms with Gasteiger partial charge < -0.3 is 10.6 Å². The van der Waals surface area contributed by atoms with E-state index in [-0.39, 0.29) is 17.4 Å². The van der Waals surface area contributed by atoms with Gasteiger partial charge >= 0.3 is 0 Å². The summed E-state index contributed by atoms with van der Waals surface area (Å²) in [7, 11) is 2.02. The fourth-order valence-electron chi connectivity index (χ4n) is 3.44. The number of nitrogens with two attached hydrogens (primary N) is 1. The highest BCUT2D eigenvalue weighted by molar-refractivity contribution is 5.79. The molecule has 1 saturated carbocycles. The van der Waals surface area contributed by atoms with Gasteiger partial charge in [0.25, 0.3) is 0 Å². The first-order chi connectivity index (χ1) is 9.76. The van der Waals surface area contributed by atoms with Gasteiger partial charge in [0.1, 0.15) is 0 Å². The van der Waals surface area contributed by atoms with E-state index in [1.165, 1.54) is 32.1 Å². The second-order valence-electron chi connectivity index (χ2n) is 7.73. The van der Waals surface area contributed by atoms with Crippen LogP contribution in [0.2, 0.25) is 0 Å². The van der Waals surface area contributed by atoms with Crippen molar-refractivity contribution in [2.45, 2.75) is 71.9 Å². The molecule has 0 aliphatic heterocycles. The summed E-state index contributed by atoms with van der Waals surface area (Å²) in [5.41, 5.74) is 5.85. The van der Waals surface area contributed by atoms with Crippen LogP contribution in [0, 0.1) is 5.41 Å². The lowest BCUT2D eigenvalue weighted by Crippen LogP contribution is -2.50. The summed E-state index contributed by atoms with van der Waals surface area (Å²) in [5.74, 6) is 0.271. The molecule has 0 unspecified atom stereocenters. The number of hydrogen-bond donors (Lipinski definition) is 1. The van der Waals surface area contributed by atoms with Crippen LogP contribution in [0.5, 0.6) is 0 Å². The summed E-state index contributed by atoms with van der Waals surface area (Å²) in [4.78, 5) is 17.0. The maximum absolute atomic E-state index is 12.7. The van der Waals surface area contributed by atoms with Gasteiger partial charge in [-0.25, -0.2) is 0 Å². The minimum atomic E-state index is 0.0581. The van der Waals surface area contributed by atoms with Crippen molar-refractivity contribution in [1.82, 2.24) is 9.80 Å². The van der Waals surface area contributed by atoms with Crippen molar-refractivity contribution >= 4 is 5.91 Å². The summed E-state index contributed by atoms with van der Waals surface area (Å²) in [5, 5.41) is 0. The monoisotopic (exact) mass is 297 g/mol. The van der Waals surface area contributed by atoms with E-state index < -0.39 is 0 Å². The van der Waals surface area contributed by atoms with E-state index in [2.05, 4.69) is 37.5 Å². The van der Waals surface area contributed by atoms with Crippen LogP contribution in [0.3, 0.4) is 0 Å². The van der Waals surface area contributed by atoms with E-state index in [9.17, 15) is 4.79 Å². The third kappa shape index (κ3) is 5.95. The van der Waals surface area contributed by atoms with E-state index >= 15 is 0 Å². The zero-order valence-electron chi connectivity index (χ0n) is 14.7. The summed E-state index contributed by atoms with van der Waals surface area (Å²) >= 11 is 0. The van der Waals surface area contributed by atoms with E-state index in [1.54, 1.807) is 0 Å². The van der Waals surface area contributed by atoms with Crippen molar-refractivity contribution in [2.75, 3.05) is 26.7 Å². The fourth-order valence-corrected chi connectivity index (χ4v) is 3.44. The van der Waals surface area contributed by atoms with Gasteiger partial charge in [-0.15, -0.1) is 0 Å². The molecule has 1 aliphatic rings. The molecule has 0 saturated heterocycles. The van der Waals surface area contributed by atoms with Crippen LogP contribution in [0.1, 0.15) is 59.8 Å². The standard InChI is InChI=1S/C17H35N3O/c1-14(2)20(15-9-7-6-8-10-15)16(21)11-19(5)13-17(3,4)12-18/h14-15H,6-13,18H2,1-5H3. The molecule has 21 heavy (non-hydrogen) atoms. The Bertz CT molecular complexity index is 322. The van der Waals surface area contributed by atoms with Crippen molar-refractivity contribution in [1.29, 1.82) is 0 Å². The molecule has 0 spiro atoms. The minimum absolute atomic E-state index is 0.0581. The Kier molecular flexibility index (Phi) is 7.14. The van der Waals surface area contributed by atoms with Crippen molar-refractivity contribution < 1.29 is 4.79 Å². The van der Waals surface area contributed by atoms with Gasteiger partial charge in [0, 0.05) is 18.6 Å². The van der Waals surface area contributed by atoms with Gasteiger partial charge in [-0.05, 0) is 45.7 Å². The second-order valence-corrected chi connectivity index (χ2v) is 7.73. The maximum atomic E-state index is 12.7. The molecule has 0 radical (unpaired) electrons. The molecule has 0 aromatic heterocycles. The lowest BCUT2D eigenvalue weighted by molar-refractivity contribution is -0.137.